The van der Waals surface area contributed by atoms with E-state index in [1.807, 2.05) is 13.8 Å². The second-order valence-electron chi connectivity index (χ2n) is 2.65. The second-order valence-corrected chi connectivity index (χ2v) is 2.65. The third-order valence-electron chi connectivity index (χ3n) is 1.82. The Morgan fingerprint density at radius 1 is 1.58 bits per heavy atom. The molecular formula is C8H18N2O2. The van der Waals surface area contributed by atoms with Crippen LogP contribution in [-0.4, -0.2) is 34.6 Å². The highest BCUT2D eigenvalue weighted by atomic mass is 16.3. The largest absolute Gasteiger partial charge is 0.391 e. The van der Waals surface area contributed by atoms with Gasteiger partial charge in [-0.05, 0) is 13.3 Å². The minimum atomic E-state index is -0.567. The zero-order valence-electron chi connectivity index (χ0n) is 7.95. The molecule has 0 aromatic rings. The summed E-state index contributed by atoms with van der Waals surface area (Å²) in [7, 11) is 0. The van der Waals surface area contributed by atoms with Crippen molar-refractivity contribution in [3.8, 4) is 0 Å². The first-order valence-electron chi connectivity index (χ1n) is 4.33. The molecule has 0 aromatic carbocycles. The number of hydrogen-bond donors (Lipinski definition) is 2. The van der Waals surface area contributed by atoms with Crippen LogP contribution >= 0.6 is 0 Å². The average molecular weight is 174 g/mol. The molecule has 4 heteroatoms. The fourth-order valence-electron chi connectivity index (χ4n) is 1.30. The van der Waals surface area contributed by atoms with Crippen LogP contribution in [0.15, 0.2) is 0 Å². The molecule has 1 aliphatic heterocycles. The van der Waals surface area contributed by atoms with Crippen LogP contribution in [0.2, 0.25) is 0 Å². The third kappa shape index (κ3) is 2.55. The van der Waals surface area contributed by atoms with E-state index in [0.29, 0.717) is 13.0 Å². The van der Waals surface area contributed by atoms with Gasteiger partial charge in [-0.25, -0.2) is 5.01 Å². The van der Waals surface area contributed by atoms with Crippen molar-refractivity contribution >= 4 is 5.78 Å². The van der Waals surface area contributed by atoms with E-state index in [-0.39, 0.29) is 5.78 Å². The highest BCUT2D eigenvalue weighted by Gasteiger charge is 2.33. The summed E-state index contributed by atoms with van der Waals surface area (Å²) in [5.41, 5.74) is 0. The Labute approximate surface area is 73.3 Å². The van der Waals surface area contributed by atoms with Gasteiger partial charge in [-0.3, -0.25) is 10.6 Å². The quantitative estimate of drug-likeness (QED) is 0.545. The SMILES string of the molecule is CC.CC(=O)C1C(O)CCN1N. The van der Waals surface area contributed by atoms with Gasteiger partial charge < -0.3 is 5.11 Å². The van der Waals surface area contributed by atoms with Crippen molar-refractivity contribution in [2.24, 2.45) is 5.84 Å². The topological polar surface area (TPSA) is 66.6 Å². The number of nitrogens with two attached hydrogens (primary N) is 1. The van der Waals surface area contributed by atoms with E-state index in [2.05, 4.69) is 0 Å². The van der Waals surface area contributed by atoms with Gasteiger partial charge in [-0.2, -0.15) is 0 Å². The van der Waals surface area contributed by atoms with Gasteiger partial charge in [0.25, 0.3) is 0 Å². The summed E-state index contributed by atoms with van der Waals surface area (Å²) in [5, 5.41) is 10.6. The maximum atomic E-state index is 10.8. The number of hydrogen-bond acceptors (Lipinski definition) is 4. The predicted molar refractivity (Wildman–Crippen MR) is 47.3 cm³/mol. The molecule has 0 aromatic heterocycles. The Morgan fingerprint density at radius 3 is 2.25 bits per heavy atom. The van der Waals surface area contributed by atoms with Crippen LogP contribution in [-0.2, 0) is 4.79 Å². The zero-order chi connectivity index (χ0) is 9.72. The minimum absolute atomic E-state index is 0.0625. The summed E-state index contributed by atoms with van der Waals surface area (Å²) >= 11 is 0. The summed E-state index contributed by atoms with van der Waals surface area (Å²) in [6.07, 6.45) is 0.0308. The molecule has 1 aliphatic rings. The first kappa shape index (κ1) is 11.6. The predicted octanol–water partition coefficient (Wildman–Crippen LogP) is -0.0895. The molecule has 1 saturated heterocycles. The number of aliphatic hydroxyl groups excluding tert-OH is 1. The monoisotopic (exact) mass is 174 g/mol. The van der Waals surface area contributed by atoms with E-state index >= 15 is 0 Å². The smallest absolute Gasteiger partial charge is 0.150 e. The van der Waals surface area contributed by atoms with Gasteiger partial charge in [0, 0.05) is 6.54 Å². The van der Waals surface area contributed by atoms with Crippen LogP contribution in [0.1, 0.15) is 27.2 Å². The molecule has 0 saturated carbocycles. The maximum Gasteiger partial charge on any atom is 0.150 e. The molecule has 0 aliphatic carbocycles. The van der Waals surface area contributed by atoms with Crippen molar-refractivity contribution in [2.75, 3.05) is 6.54 Å². The number of rotatable bonds is 1. The van der Waals surface area contributed by atoms with E-state index in [9.17, 15) is 9.90 Å². The fourth-order valence-corrected chi connectivity index (χ4v) is 1.30. The Kier molecular flexibility index (Phi) is 5.04. The molecule has 1 fully saturated rings. The molecule has 72 valence electrons. The van der Waals surface area contributed by atoms with Crippen LogP contribution in [0.3, 0.4) is 0 Å². The Hall–Kier alpha value is -0.450. The van der Waals surface area contributed by atoms with Crippen LogP contribution in [0.25, 0.3) is 0 Å². The van der Waals surface area contributed by atoms with Crippen molar-refractivity contribution in [2.45, 2.75) is 39.3 Å². The number of hydrazine groups is 1. The number of carbonyl (C=O) groups excluding carboxylic acids is 1. The van der Waals surface area contributed by atoms with Gasteiger partial charge in [-0.15, -0.1) is 0 Å². The van der Waals surface area contributed by atoms with Gasteiger partial charge >= 0.3 is 0 Å². The lowest BCUT2D eigenvalue weighted by Gasteiger charge is -2.17. The summed E-state index contributed by atoms with van der Waals surface area (Å²) < 4.78 is 0. The first-order valence-corrected chi connectivity index (χ1v) is 4.33. The summed E-state index contributed by atoms with van der Waals surface area (Å²) in [6, 6.07) is -0.472. The van der Waals surface area contributed by atoms with E-state index in [0.717, 1.165) is 0 Å². The molecule has 0 radical (unpaired) electrons. The van der Waals surface area contributed by atoms with Crippen molar-refractivity contribution in [3.63, 3.8) is 0 Å². The molecule has 2 atom stereocenters. The second kappa shape index (κ2) is 5.24. The highest BCUT2D eigenvalue weighted by molar-refractivity contribution is 5.82. The number of aliphatic hydroxyl groups is 1. The Bertz CT molecular complexity index is 140. The number of Topliss-reactive ketones (excluding diaryl/α,β-unsaturated/α-hetero) is 1. The normalized spacial score (nSPS) is 29.4. The zero-order valence-corrected chi connectivity index (χ0v) is 7.95. The van der Waals surface area contributed by atoms with Gasteiger partial charge in [0.15, 0.2) is 5.78 Å². The molecule has 0 amide bonds. The molecule has 0 spiro atoms. The molecule has 3 N–H and O–H groups in total. The van der Waals surface area contributed by atoms with Crippen molar-refractivity contribution in [1.29, 1.82) is 0 Å². The molecule has 12 heavy (non-hydrogen) atoms. The lowest BCUT2D eigenvalue weighted by atomic mass is 10.1. The van der Waals surface area contributed by atoms with Gasteiger partial charge in [0.05, 0.1) is 6.10 Å². The standard InChI is InChI=1S/C6H12N2O2.C2H6/c1-4(9)6-5(10)2-3-8(6)7;1-2/h5-6,10H,2-3,7H2,1H3;1-2H3. The van der Waals surface area contributed by atoms with E-state index < -0.39 is 12.1 Å². The molecular weight excluding hydrogens is 156 g/mol. The summed E-state index contributed by atoms with van der Waals surface area (Å²) in [6.45, 7) is 6.05. The van der Waals surface area contributed by atoms with Crippen molar-refractivity contribution in [3.05, 3.63) is 0 Å². The van der Waals surface area contributed by atoms with E-state index in [4.69, 9.17) is 5.84 Å². The van der Waals surface area contributed by atoms with Crippen LogP contribution < -0.4 is 5.84 Å². The summed E-state index contributed by atoms with van der Waals surface area (Å²) in [5.74, 6) is 5.36. The van der Waals surface area contributed by atoms with Crippen LogP contribution in [0, 0.1) is 0 Å². The Morgan fingerprint density at radius 2 is 2.08 bits per heavy atom. The van der Waals surface area contributed by atoms with Crippen molar-refractivity contribution in [1.82, 2.24) is 5.01 Å². The average Bonchev–Trinajstić information content (AvgIpc) is 2.35. The van der Waals surface area contributed by atoms with Gasteiger partial charge in [0.1, 0.15) is 6.04 Å². The number of ketones is 1. The molecule has 2 unspecified atom stereocenters. The lowest BCUT2D eigenvalue weighted by Crippen LogP contribution is -2.44. The number of carbonyl (C=O) groups is 1. The van der Waals surface area contributed by atoms with E-state index in [1.165, 1.54) is 11.9 Å². The molecule has 1 rings (SSSR count). The lowest BCUT2D eigenvalue weighted by molar-refractivity contribution is -0.123. The van der Waals surface area contributed by atoms with Gasteiger partial charge in [-0.1, -0.05) is 13.8 Å². The number of nitrogens with zero attached hydrogens (tertiary/aromatic N) is 1. The highest BCUT2D eigenvalue weighted by Crippen LogP contribution is 2.14. The third-order valence-corrected chi connectivity index (χ3v) is 1.82. The van der Waals surface area contributed by atoms with Gasteiger partial charge in [0.2, 0.25) is 0 Å². The first-order chi connectivity index (χ1) is 5.63. The molecule has 0 bridgehead atoms. The molecule has 1 heterocycles. The van der Waals surface area contributed by atoms with Crippen molar-refractivity contribution < 1.29 is 9.90 Å². The van der Waals surface area contributed by atoms with E-state index in [1.54, 1.807) is 0 Å². The van der Waals surface area contributed by atoms with Crippen LogP contribution in [0.4, 0.5) is 0 Å². The van der Waals surface area contributed by atoms with Crippen LogP contribution in [0.5, 0.6) is 0 Å². The molecule has 4 nitrogen and oxygen atoms in total. The Balaban J connectivity index is 0.000000561. The minimum Gasteiger partial charge on any atom is -0.391 e. The maximum absolute atomic E-state index is 10.8. The summed E-state index contributed by atoms with van der Waals surface area (Å²) in [4.78, 5) is 10.8. The fraction of sp³-hybridized carbons (Fsp3) is 0.875.